The van der Waals surface area contributed by atoms with Crippen LogP contribution < -0.4 is 0 Å². The zero-order chi connectivity index (χ0) is 18.6. The van der Waals surface area contributed by atoms with Crippen LogP contribution in [-0.4, -0.2) is 34.9 Å². The summed E-state index contributed by atoms with van der Waals surface area (Å²) < 4.78 is 2.06. The quantitative estimate of drug-likeness (QED) is 0.504. The van der Waals surface area contributed by atoms with Gasteiger partial charge in [-0.2, -0.15) is 0 Å². The van der Waals surface area contributed by atoms with Gasteiger partial charge in [-0.1, -0.05) is 48.4 Å². The Labute approximate surface area is 162 Å². The van der Waals surface area contributed by atoms with Crippen molar-refractivity contribution in [3.63, 3.8) is 0 Å². The molecule has 1 aromatic carbocycles. The van der Waals surface area contributed by atoms with E-state index in [4.69, 9.17) is 0 Å². The second-order valence-electron chi connectivity index (χ2n) is 8.07. The van der Waals surface area contributed by atoms with Crippen LogP contribution >= 0.6 is 0 Å². The summed E-state index contributed by atoms with van der Waals surface area (Å²) in [6, 6.07) is 8.17. The van der Waals surface area contributed by atoms with Gasteiger partial charge in [0, 0.05) is 42.7 Å². The molecule has 0 saturated carbocycles. The molecular formula is C24H30N2O. The monoisotopic (exact) mass is 362 g/mol. The van der Waals surface area contributed by atoms with Crippen LogP contribution in [0.3, 0.4) is 0 Å². The number of carbonyl (C=O) groups excluding carboxylic acids is 1. The molecule has 2 aliphatic rings. The molecule has 0 bridgehead atoms. The SMILES string of the molecule is Cn1cc(C(=O)CCCCCN2CCC3CC=CC=C3C2)c2ccccc21. The van der Waals surface area contributed by atoms with Crippen LogP contribution in [0.25, 0.3) is 10.9 Å². The smallest absolute Gasteiger partial charge is 0.165 e. The van der Waals surface area contributed by atoms with Crippen LogP contribution in [0.5, 0.6) is 0 Å². The molecule has 1 aromatic heterocycles. The maximum atomic E-state index is 12.7. The number of piperidine rings is 1. The second-order valence-corrected chi connectivity index (χ2v) is 8.07. The van der Waals surface area contributed by atoms with E-state index in [-0.39, 0.29) is 5.78 Å². The van der Waals surface area contributed by atoms with Crippen molar-refractivity contribution in [2.24, 2.45) is 13.0 Å². The Morgan fingerprint density at radius 2 is 2.07 bits per heavy atom. The molecule has 3 heteroatoms. The first kappa shape index (κ1) is 18.2. The molecule has 2 heterocycles. The number of ketones is 1. The number of aromatic nitrogens is 1. The van der Waals surface area contributed by atoms with Gasteiger partial charge in [0.2, 0.25) is 0 Å². The van der Waals surface area contributed by atoms with Crippen LogP contribution in [0.4, 0.5) is 0 Å². The number of allylic oxidation sites excluding steroid dienone is 3. The standard InChI is InChI=1S/C24H30N2O/c1-25-18-22(21-11-6-7-12-23(21)25)24(27)13-3-2-8-15-26-16-14-19-9-4-5-10-20(19)17-26/h4-7,10-12,18-19H,2-3,8-9,13-17H2,1H3. The number of hydrogen-bond acceptors (Lipinski definition) is 2. The highest BCUT2D eigenvalue weighted by Gasteiger charge is 2.23. The Bertz CT molecular complexity index is 874. The van der Waals surface area contributed by atoms with Crippen molar-refractivity contribution in [1.29, 1.82) is 0 Å². The van der Waals surface area contributed by atoms with Crippen molar-refractivity contribution in [2.45, 2.75) is 38.5 Å². The average molecular weight is 363 g/mol. The molecule has 1 atom stereocenters. The first-order valence-electron chi connectivity index (χ1n) is 10.4. The number of hydrogen-bond donors (Lipinski definition) is 0. The van der Waals surface area contributed by atoms with Gasteiger partial charge < -0.3 is 4.57 Å². The minimum Gasteiger partial charge on any atom is -0.350 e. The van der Waals surface area contributed by atoms with E-state index >= 15 is 0 Å². The largest absolute Gasteiger partial charge is 0.350 e. The van der Waals surface area contributed by atoms with E-state index in [2.05, 4.69) is 39.8 Å². The van der Waals surface area contributed by atoms with Crippen molar-refractivity contribution in [3.8, 4) is 0 Å². The Morgan fingerprint density at radius 1 is 1.19 bits per heavy atom. The van der Waals surface area contributed by atoms with Crippen LogP contribution in [0.15, 0.2) is 54.3 Å². The Hall–Kier alpha value is -2.13. The fourth-order valence-corrected chi connectivity index (χ4v) is 4.57. The third-order valence-corrected chi connectivity index (χ3v) is 6.17. The van der Waals surface area contributed by atoms with Crippen molar-refractivity contribution in [2.75, 3.05) is 19.6 Å². The molecule has 0 amide bonds. The minimum atomic E-state index is 0.284. The van der Waals surface area contributed by atoms with Crippen LogP contribution in [-0.2, 0) is 7.05 Å². The molecule has 2 aromatic rings. The fraction of sp³-hybridized carbons (Fsp3) is 0.458. The number of rotatable bonds is 7. The summed E-state index contributed by atoms with van der Waals surface area (Å²) in [4.78, 5) is 15.2. The number of Topliss-reactive ketones (excluding diaryl/α,β-unsaturated/α-hetero) is 1. The zero-order valence-corrected chi connectivity index (χ0v) is 16.4. The Balaban J connectivity index is 1.22. The van der Waals surface area contributed by atoms with Crippen molar-refractivity contribution in [3.05, 3.63) is 59.8 Å². The van der Waals surface area contributed by atoms with E-state index in [1.165, 1.54) is 25.8 Å². The predicted octanol–water partition coefficient (Wildman–Crippen LogP) is 5.13. The summed E-state index contributed by atoms with van der Waals surface area (Å²) in [6.07, 6.45) is 15.3. The Morgan fingerprint density at radius 3 is 3.00 bits per heavy atom. The minimum absolute atomic E-state index is 0.284. The normalized spacial score (nSPS) is 19.9. The van der Waals surface area contributed by atoms with Crippen molar-refractivity contribution < 1.29 is 4.79 Å². The number of para-hydroxylation sites is 1. The summed E-state index contributed by atoms with van der Waals surface area (Å²) in [7, 11) is 2.01. The number of benzene rings is 1. The zero-order valence-electron chi connectivity index (χ0n) is 16.4. The van der Waals surface area contributed by atoms with Crippen molar-refractivity contribution in [1.82, 2.24) is 9.47 Å². The van der Waals surface area contributed by atoms with Crippen LogP contribution in [0, 0.1) is 5.92 Å². The number of unbranched alkanes of at least 4 members (excludes halogenated alkanes) is 2. The van der Waals surface area contributed by atoms with E-state index < -0.39 is 0 Å². The number of likely N-dealkylation sites (tertiary alicyclic amines) is 1. The summed E-state index contributed by atoms with van der Waals surface area (Å²) in [6.45, 7) is 3.53. The van der Waals surface area contributed by atoms with Crippen LogP contribution in [0.2, 0.25) is 0 Å². The lowest BCUT2D eigenvalue weighted by Crippen LogP contribution is -2.36. The molecule has 27 heavy (non-hydrogen) atoms. The average Bonchev–Trinajstić information content (AvgIpc) is 3.04. The lowest BCUT2D eigenvalue weighted by atomic mass is 9.85. The van der Waals surface area contributed by atoms with Gasteiger partial charge in [0.05, 0.1) is 0 Å². The fourth-order valence-electron chi connectivity index (χ4n) is 4.57. The number of aryl methyl sites for hydroxylation is 1. The third-order valence-electron chi connectivity index (χ3n) is 6.17. The van der Waals surface area contributed by atoms with E-state index in [9.17, 15) is 4.79 Å². The molecule has 0 spiro atoms. The van der Waals surface area contributed by atoms with Gasteiger partial charge in [0.1, 0.15) is 0 Å². The van der Waals surface area contributed by atoms with Gasteiger partial charge in [0.15, 0.2) is 5.78 Å². The molecule has 3 nitrogen and oxygen atoms in total. The van der Waals surface area contributed by atoms with Crippen molar-refractivity contribution >= 4 is 16.7 Å². The number of nitrogens with zero attached hydrogens (tertiary/aromatic N) is 2. The maximum absolute atomic E-state index is 12.7. The third kappa shape index (κ3) is 4.08. The van der Waals surface area contributed by atoms with E-state index in [1.54, 1.807) is 5.57 Å². The first-order valence-corrected chi connectivity index (χ1v) is 10.4. The summed E-state index contributed by atoms with van der Waals surface area (Å²) >= 11 is 0. The van der Waals surface area contributed by atoms with Gasteiger partial charge in [-0.05, 0) is 50.8 Å². The molecule has 1 unspecified atom stereocenters. The Kier molecular flexibility index (Phi) is 5.58. The highest BCUT2D eigenvalue weighted by atomic mass is 16.1. The predicted molar refractivity (Wildman–Crippen MR) is 112 cm³/mol. The number of fused-ring (bicyclic) bond motifs is 2. The molecule has 4 rings (SSSR count). The van der Waals surface area contributed by atoms with E-state index in [0.717, 1.165) is 48.3 Å². The van der Waals surface area contributed by atoms with Gasteiger partial charge >= 0.3 is 0 Å². The highest BCUT2D eigenvalue weighted by molar-refractivity contribution is 6.08. The molecule has 1 saturated heterocycles. The second kappa shape index (κ2) is 8.26. The summed E-state index contributed by atoms with van der Waals surface area (Å²) in [5.74, 6) is 1.08. The molecule has 142 valence electrons. The molecule has 1 aliphatic carbocycles. The molecular weight excluding hydrogens is 332 g/mol. The van der Waals surface area contributed by atoms with Gasteiger partial charge in [-0.3, -0.25) is 9.69 Å². The van der Waals surface area contributed by atoms with E-state index in [0.29, 0.717) is 6.42 Å². The summed E-state index contributed by atoms with van der Waals surface area (Å²) in [5, 5.41) is 1.09. The molecule has 1 aliphatic heterocycles. The molecule has 1 fully saturated rings. The van der Waals surface area contributed by atoms with Gasteiger partial charge in [-0.25, -0.2) is 0 Å². The van der Waals surface area contributed by atoms with Gasteiger partial charge in [-0.15, -0.1) is 0 Å². The molecule has 0 N–H and O–H groups in total. The van der Waals surface area contributed by atoms with E-state index in [1.807, 2.05) is 25.4 Å². The first-order chi connectivity index (χ1) is 13.2. The lowest BCUT2D eigenvalue weighted by molar-refractivity contribution is 0.0980. The maximum Gasteiger partial charge on any atom is 0.165 e. The van der Waals surface area contributed by atoms with Gasteiger partial charge in [0.25, 0.3) is 0 Å². The lowest BCUT2D eigenvalue weighted by Gasteiger charge is -2.35. The summed E-state index contributed by atoms with van der Waals surface area (Å²) in [5.41, 5.74) is 3.64. The number of carbonyl (C=O) groups is 1. The molecule has 0 radical (unpaired) electrons. The van der Waals surface area contributed by atoms with Crippen LogP contribution in [0.1, 0.15) is 48.9 Å². The highest BCUT2D eigenvalue weighted by Crippen LogP contribution is 2.29. The topological polar surface area (TPSA) is 25.2 Å².